The van der Waals surface area contributed by atoms with E-state index < -0.39 is 5.97 Å². The first-order chi connectivity index (χ1) is 7.15. The molecule has 2 rings (SSSR count). The summed E-state index contributed by atoms with van der Waals surface area (Å²) < 4.78 is 6.41. The number of nitrogen functional groups attached to an aromatic ring is 1. The highest BCUT2D eigenvalue weighted by Gasteiger charge is 2.14. The van der Waals surface area contributed by atoms with Crippen molar-refractivity contribution >= 4 is 22.7 Å². The molecule has 1 heterocycles. The smallest absolute Gasteiger partial charge is 0.340 e. The Morgan fingerprint density at radius 2 is 2.27 bits per heavy atom. The third kappa shape index (κ3) is 1.32. The van der Waals surface area contributed by atoms with E-state index in [2.05, 4.69) is 9.72 Å². The van der Waals surface area contributed by atoms with Crippen LogP contribution in [0.2, 0.25) is 0 Å². The molecule has 78 valence electrons. The molecular formula is C10H11N3O2. The van der Waals surface area contributed by atoms with Crippen molar-refractivity contribution in [1.29, 1.82) is 0 Å². The van der Waals surface area contributed by atoms with Gasteiger partial charge in [-0.1, -0.05) is 0 Å². The number of fused-ring (bicyclic) bond motifs is 1. The highest BCUT2D eigenvalue weighted by atomic mass is 16.5. The topological polar surface area (TPSA) is 70.1 Å². The molecule has 1 aromatic carbocycles. The van der Waals surface area contributed by atoms with Crippen LogP contribution in [0.15, 0.2) is 18.5 Å². The zero-order valence-corrected chi connectivity index (χ0v) is 8.52. The van der Waals surface area contributed by atoms with Gasteiger partial charge >= 0.3 is 5.97 Å². The molecule has 0 unspecified atom stereocenters. The number of aryl methyl sites for hydroxylation is 1. The van der Waals surface area contributed by atoms with Crippen molar-refractivity contribution in [3.8, 4) is 0 Å². The average Bonchev–Trinajstić information content (AvgIpc) is 2.61. The highest BCUT2D eigenvalue weighted by molar-refractivity contribution is 6.03. The Morgan fingerprint density at radius 3 is 2.93 bits per heavy atom. The summed E-state index contributed by atoms with van der Waals surface area (Å²) in [6, 6.07) is 3.37. The number of aromatic nitrogens is 2. The Labute approximate surface area is 86.5 Å². The number of ether oxygens (including phenoxy) is 1. The minimum atomic E-state index is -0.435. The number of nitrogens with two attached hydrogens (primary N) is 1. The maximum atomic E-state index is 11.4. The van der Waals surface area contributed by atoms with Gasteiger partial charge in [0.2, 0.25) is 0 Å². The van der Waals surface area contributed by atoms with Crippen LogP contribution in [0.25, 0.3) is 11.0 Å². The Morgan fingerprint density at radius 1 is 1.53 bits per heavy atom. The quantitative estimate of drug-likeness (QED) is 0.555. The van der Waals surface area contributed by atoms with E-state index in [1.165, 1.54) is 7.11 Å². The standard InChI is InChI=1S/C10H11N3O2/c1-13-5-12-7-4-3-6(10(14)15-2)8(11)9(7)13/h3-5H,11H2,1-2H3. The SMILES string of the molecule is COC(=O)c1ccc2ncn(C)c2c1N. The molecule has 0 saturated carbocycles. The normalized spacial score (nSPS) is 10.5. The van der Waals surface area contributed by atoms with Gasteiger partial charge < -0.3 is 15.0 Å². The van der Waals surface area contributed by atoms with Crippen LogP contribution in [-0.4, -0.2) is 22.6 Å². The van der Waals surface area contributed by atoms with Gasteiger partial charge in [-0.3, -0.25) is 0 Å². The van der Waals surface area contributed by atoms with Crippen molar-refractivity contribution in [2.45, 2.75) is 0 Å². The van der Waals surface area contributed by atoms with E-state index in [-0.39, 0.29) is 0 Å². The minimum absolute atomic E-state index is 0.369. The second-order valence-corrected chi connectivity index (χ2v) is 3.24. The van der Waals surface area contributed by atoms with E-state index in [1.807, 2.05) is 7.05 Å². The van der Waals surface area contributed by atoms with Gasteiger partial charge in [0, 0.05) is 7.05 Å². The van der Waals surface area contributed by atoms with E-state index in [1.54, 1.807) is 23.0 Å². The molecule has 0 fully saturated rings. The fraction of sp³-hybridized carbons (Fsp3) is 0.200. The number of esters is 1. The summed E-state index contributed by atoms with van der Waals surface area (Å²) in [5, 5.41) is 0. The lowest BCUT2D eigenvalue weighted by atomic mass is 10.1. The van der Waals surface area contributed by atoms with E-state index in [0.29, 0.717) is 11.3 Å². The number of benzene rings is 1. The molecule has 0 radical (unpaired) electrons. The van der Waals surface area contributed by atoms with Crippen molar-refractivity contribution in [2.24, 2.45) is 7.05 Å². The predicted octanol–water partition coefficient (Wildman–Crippen LogP) is 0.942. The maximum Gasteiger partial charge on any atom is 0.340 e. The first-order valence-electron chi connectivity index (χ1n) is 4.43. The third-order valence-corrected chi connectivity index (χ3v) is 2.32. The Kier molecular flexibility index (Phi) is 2.07. The van der Waals surface area contributed by atoms with Crippen molar-refractivity contribution < 1.29 is 9.53 Å². The lowest BCUT2D eigenvalue weighted by Gasteiger charge is -2.05. The molecule has 0 aliphatic heterocycles. The van der Waals surface area contributed by atoms with E-state index in [4.69, 9.17) is 5.73 Å². The van der Waals surface area contributed by atoms with Crippen LogP contribution in [0.4, 0.5) is 5.69 Å². The molecule has 5 nitrogen and oxygen atoms in total. The van der Waals surface area contributed by atoms with Crippen LogP contribution in [0.1, 0.15) is 10.4 Å². The Hall–Kier alpha value is -2.04. The summed E-state index contributed by atoms with van der Waals surface area (Å²) in [7, 11) is 3.15. The van der Waals surface area contributed by atoms with Crippen molar-refractivity contribution in [2.75, 3.05) is 12.8 Å². The lowest BCUT2D eigenvalue weighted by molar-refractivity contribution is 0.0602. The van der Waals surface area contributed by atoms with Crippen LogP contribution in [0, 0.1) is 0 Å². The number of nitrogens with zero attached hydrogens (tertiary/aromatic N) is 2. The van der Waals surface area contributed by atoms with Gasteiger partial charge in [-0.2, -0.15) is 0 Å². The van der Waals surface area contributed by atoms with Crippen molar-refractivity contribution in [3.63, 3.8) is 0 Å². The first-order valence-corrected chi connectivity index (χ1v) is 4.43. The summed E-state index contributed by atoms with van der Waals surface area (Å²) in [6.45, 7) is 0. The molecule has 0 saturated heterocycles. The molecule has 0 aliphatic carbocycles. The van der Waals surface area contributed by atoms with Gasteiger partial charge in [-0.15, -0.1) is 0 Å². The third-order valence-electron chi connectivity index (χ3n) is 2.32. The second kappa shape index (κ2) is 3.27. The number of methoxy groups -OCH3 is 1. The van der Waals surface area contributed by atoms with Gasteiger partial charge in [-0.25, -0.2) is 9.78 Å². The number of imidazole rings is 1. The number of carbonyl (C=O) groups is 1. The zero-order chi connectivity index (χ0) is 11.0. The van der Waals surface area contributed by atoms with Gasteiger partial charge in [0.05, 0.1) is 35.7 Å². The predicted molar refractivity (Wildman–Crippen MR) is 56.5 cm³/mol. The molecule has 0 atom stereocenters. The van der Waals surface area contributed by atoms with Crippen LogP contribution in [0.5, 0.6) is 0 Å². The Balaban J connectivity index is 2.74. The molecule has 2 aromatic rings. The number of hydrogen-bond donors (Lipinski definition) is 1. The number of hydrogen-bond acceptors (Lipinski definition) is 4. The van der Waals surface area contributed by atoms with E-state index in [0.717, 1.165) is 11.0 Å². The summed E-state index contributed by atoms with van der Waals surface area (Å²) in [5.74, 6) is -0.435. The molecule has 0 spiro atoms. The summed E-state index contributed by atoms with van der Waals surface area (Å²) in [4.78, 5) is 15.5. The van der Waals surface area contributed by atoms with Crippen LogP contribution in [-0.2, 0) is 11.8 Å². The van der Waals surface area contributed by atoms with Crippen molar-refractivity contribution in [3.05, 3.63) is 24.0 Å². The molecular weight excluding hydrogens is 194 g/mol. The molecule has 1 aromatic heterocycles. The lowest BCUT2D eigenvalue weighted by Crippen LogP contribution is -2.06. The second-order valence-electron chi connectivity index (χ2n) is 3.24. The van der Waals surface area contributed by atoms with E-state index >= 15 is 0 Å². The number of anilines is 1. The molecule has 15 heavy (non-hydrogen) atoms. The van der Waals surface area contributed by atoms with Crippen LogP contribution < -0.4 is 5.73 Å². The fourth-order valence-electron chi connectivity index (χ4n) is 1.57. The maximum absolute atomic E-state index is 11.4. The molecule has 0 aliphatic rings. The first kappa shape index (κ1) is 9.51. The van der Waals surface area contributed by atoms with Gasteiger partial charge in [0.1, 0.15) is 0 Å². The van der Waals surface area contributed by atoms with Gasteiger partial charge in [0.15, 0.2) is 0 Å². The molecule has 0 amide bonds. The summed E-state index contributed by atoms with van der Waals surface area (Å²) in [5.41, 5.74) is 8.16. The minimum Gasteiger partial charge on any atom is -0.465 e. The monoisotopic (exact) mass is 205 g/mol. The summed E-state index contributed by atoms with van der Waals surface area (Å²) in [6.07, 6.45) is 1.65. The molecule has 5 heteroatoms. The fourth-order valence-corrected chi connectivity index (χ4v) is 1.57. The summed E-state index contributed by atoms with van der Waals surface area (Å²) >= 11 is 0. The molecule has 0 bridgehead atoms. The highest BCUT2D eigenvalue weighted by Crippen LogP contribution is 2.23. The number of carbonyl (C=O) groups excluding carboxylic acids is 1. The van der Waals surface area contributed by atoms with Crippen LogP contribution in [0.3, 0.4) is 0 Å². The zero-order valence-electron chi connectivity index (χ0n) is 8.52. The number of rotatable bonds is 1. The van der Waals surface area contributed by atoms with Gasteiger partial charge in [-0.05, 0) is 12.1 Å². The Bertz CT molecular complexity index is 531. The van der Waals surface area contributed by atoms with E-state index in [9.17, 15) is 4.79 Å². The van der Waals surface area contributed by atoms with Gasteiger partial charge in [0.25, 0.3) is 0 Å². The van der Waals surface area contributed by atoms with Crippen molar-refractivity contribution in [1.82, 2.24) is 9.55 Å². The largest absolute Gasteiger partial charge is 0.465 e. The average molecular weight is 205 g/mol. The molecule has 2 N–H and O–H groups in total. The van der Waals surface area contributed by atoms with Crippen LogP contribution >= 0.6 is 0 Å².